The number of allylic oxidation sites excluding steroid dienone is 2. The number of aliphatic hydroxyl groups is 1. The highest BCUT2D eigenvalue weighted by molar-refractivity contribution is 5.98. The Morgan fingerprint density at radius 2 is 1.77 bits per heavy atom. The van der Waals surface area contributed by atoms with Crippen molar-refractivity contribution in [2.75, 3.05) is 6.61 Å². The summed E-state index contributed by atoms with van der Waals surface area (Å²) in [5, 5.41) is 21.5. The van der Waals surface area contributed by atoms with Crippen molar-refractivity contribution in [3.05, 3.63) is 11.6 Å². The molecule has 0 aromatic carbocycles. The van der Waals surface area contributed by atoms with E-state index in [4.69, 9.17) is 4.74 Å². The number of carbonyl (C=O) groups is 2. The molecule has 5 aliphatic rings. The first-order valence-corrected chi connectivity index (χ1v) is 11.8. The van der Waals surface area contributed by atoms with Crippen LogP contribution in [0.1, 0.15) is 72.6 Å². The molecule has 0 amide bonds. The Hall–Kier alpha value is -1.20. The maximum Gasteiger partial charge on any atom is 0.309 e. The molecule has 30 heavy (non-hydrogen) atoms. The molecule has 0 radical (unpaired) electrons. The minimum absolute atomic E-state index is 0.0614. The number of rotatable bonds is 3. The number of hydrogen-bond acceptors (Lipinski definition) is 4. The average molecular weight is 417 g/mol. The summed E-state index contributed by atoms with van der Waals surface area (Å²) in [6, 6.07) is 0. The molecule has 5 fully saturated rings. The molecule has 1 heterocycles. The van der Waals surface area contributed by atoms with Gasteiger partial charge in [-0.3, -0.25) is 9.59 Å². The molecule has 166 valence electrons. The number of ether oxygens (including phenoxy) is 1. The van der Waals surface area contributed by atoms with Crippen LogP contribution in [0.4, 0.5) is 0 Å². The zero-order valence-electron chi connectivity index (χ0n) is 18.7. The van der Waals surface area contributed by atoms with E-state index in [1.807, 2.05) is 26.8 Å². The zero-order chi connectivity index (χ0) is 21.7. The van der Waals surface area contributed by atoms with Crippen molar-refractivity contribution in [3.8, 4) is 0 Å². The van der Waals surface area contributed by atoms with Crippen LogP contribution in [-0.2, 0) is 14.3 Å². The van der Waals surface area contributed by atoms with Crippen molar-refractivity contribution in [2.24, 2.45) is 39.9 Å². The first-order valence-electron chi connectivity index (χ1n) is 11.8. The lowest BCUT2D eigenvalue weighted by atomic mass is 9.39. The topological polar surface area (TPSA) is 87.1 Å². The third-order valence-electron chi connectivity index (χ3n) is 10.8. The molecule has 1 aliphatic heterocycles. The van der Waals surface area contributed by atoms with Gasteiger partial charge in [-0.25, -0.2) is 0 Å². The fourth-order valence-corrected chi connectivity index (χ4v) is 9.12. The summed E-state index contributed by atoms with van der Waals surface area (Å²) >= 11 is 0. The van der Waals surface area contributed by atoms with Crippen molar-refractivity contribution >= 4 is 11.8 Å². The summed E-state index contributed by atoms with van der Waals surface area (Å²) in [7, 11) is 0. The molecule has 2 bridgehead atoms. The van der Waals surface area contributed by atoms with E-state index in [1.165, 1.54) is 0 Å². The van der Waals surface area contributed by atoms with Crippen LogP contribution in [0.25, 0.3) is 0 Å². The molecule has 0 aromatic heterocycles. The molecule has 4 aliphatic carbocycles. The van der Waals surface area contributed by atoms with Crippen LogP contribution in [-0.4, -0.2) is 40.3 Å². The Morgan fingerprint density at radius 3 is 2.37 bits per heavy atom. The number of hydrogen-bond donors (Lipinski definition) is 2. The Morgan fingerprint density at radius 1 is 1.07 bits per heavy atom. The van der Waals surface area contributed by atoms with Gasteiger partial charge in [-0.15, -0.1) is 0 Å². The highest BCUT2D eigenvalue weighted by Gasteiger charge is 2.78. The van der Waals surface area contributed by atoms with E-state index in [1.54, 1.807) is 0 Å². The maximum atomic E-state index is 13.7. The molecule has 4 saturated carbocycles. The van der Waals surface area contributed by atoms with Gasteiger partial charge < -0.3 is 14.9 Å². The fraction of sp³-hybridized carbons (Fsp3) is 0.840. The Labute approximate surface area is 179 Å². The van der Waals surface area contributed by atoms with Gasteiger partial charge in [0.1, 0.15) is 5.60 Å². The van der Waals surface area contributed by atoms with Crippen LogP contribution in [0.15, 0.2) is 11.6 Å². The van der Waals surface area contributed by atoms with Gasteiger partial charge >= 0.3 is 5.97 Å². The molecular formula is C25H36O5. The second-order valence-corrected chi connectivity index (χ2v) is 11.5. The third-order valence-corrected chi connectivity index (χ3v) is 10.8. The highest BCUT2D eigenvalue weighted by Crippen LogP contribution is 2.77. The van der Waals surface area contributed by atoms with Crippen LogP contribution in [0.2, 0.25) is 0 Å². The summed E-state index contributed by atoms with van der Waals surface area (Å²) in [4.78, 5) is 26.0. The number of carbonyl (C=O) groups excluding carboxylic acids is 1. The lowest BCUT2D eigenvalue weighted by Crippen LogP contribution is -2.64. The Bertz CT molecular complexity index is 827. The van der Waals surface area contributed by atoms with Crippen molar-refractivity contribution in [3.63, 3.8) is 0 Å². The monoisotopic (exact) mass is 416 g/mol. The van der Waals surface area contributed by atoms with E-state index in [0.29, 0.717) is 25.4 Å². The van der Waals surface area contributed by atoms with Crippen molar-refractivity contribution < 1.29 is 24.5 Å². The number of fused-ring (bicyclic) bond motifs is 4. The van der Waals surface area contributed by atoms with Crippen LogP contribution < -0.4 is 0 Å². The molecule has 2 N–H and O–H groups in total. The summed E-state index contributed by atoms with van der Waals surface area (Å²) in [6.07, 6.45) is 7.08. The van der Waals surface area contributed by atoms with E-state index in [9.17, 15) is 19.8 Å². The molecular weight excluding hydrogens is 380 g/mol. The third kappa shape index (κ3) is 2.21. The highest BCUT2D eigenvalue weighted by atomic mass is 16.6. The number of ketones is 1. The molecule has 5 heteroatoms. The van der Waals surface area contributed by atoms with Crippen LogP contribution in [0.3, 0.4) is 0 Å². The predicted molar refractivity (Wildman–Crippen MR) is 112 cm³/mol. The lowest BCUT2D eigenvalue weighted by molar-refractivity contribution is -0.217. The fourth-order valence-electron chi connectivity index (χ4n) is 9.12. The van der Waals surface area contributed by atoms with Gasteiger partial charge in [-0.2, -0.15) is 0 Å². The zero-order valence-corrected chi connectivity index (χ0v) is 18.7. The van der Waals surface area contributed by atoms with E-state index < -0.39 is 22.9 Å². The van der Waals surface area contributed by atoms with Crippen molar-refractivity contribution in [2.45, 2.75) is 84.3 Å². The van der Waals surface area contributed by atoms with Gasteiger partial charge in [0, 0.05) is 5.41 Å². The second kappa shape index (κ2) is 6.19. The van der Waals surface area contributed by atoms with Gasteiger partial charge in [0.15, 0.2) is 5.78 Å². The quantitative estimate of drug-likeness (QED) is 0.537. The Kier molecular flexibility index (Phi) is 4.27. The maximum absolute atomic E-state index is 13.7. The van der Waals surface area contributed by atoms with Crippen molar-refractivity contribution in [1.82, 2.24) is 0 Å². The van der Waals surface area contributed by atoms with Gasteiger partial charge in [0.2, 0.25) is 0 Å². The molecule has 5 nitrogen and oxygen atoms in total. The summed E-state index contributed by atoms with van der Waals surface area (Å²) in [6.45, 7) is 8.55. The van der Waals surface area contributed by atoms with Crippen molar-refractivity contribution in [1.29, 1.82) is 0 Å². The predicted octanol–water partition coefficient (Wildman–Crippen LogP) is 3.99. The molecule has 1 saturated heterocycles. The van der Waals surface area contributed by atoms with Gasteiger partial charge in [0.25, 0.3) is 0 Å². The largest absolute Gasteiger partial charge is 0.481 e. The number of epoxide rings is 1. The van der Waals surface area contributed by atoms with Crippen LogP contribution >= 0.6 is 0 Å². The van der Waals surface area contributed by atoms with Crippen LogP contribution in [0, 0.1) is 39.9 Å². The molecule has 5 rings (SSSR count). The minimum atomic E-state index is -0.808. The second-order valence-electron chi connectivity index (χ2n) is 11.5. The molecule has 2 spiro atoms. The van der Waals surface area contributed by atoms with E-state index >= 15 is 0 Å². The standard InChI is InChI=1S/C25H36O5/c1-5-14(2)19(27)20-24-11-8-16-22(3,21(28)29)10-9-18(26)23(16,4)17(24)7-6-15(12-24)25(20)13-30-25/h5,15-18,20,26H,6-13H2,1-4H3,(H,28,29)/b14-5-/t15-,16-,17+,18-,20-,22-,23-,24-,25+/m1/s1. The molecule has 0 aromatic rings. The smallest absolute Gasteiger partial charge is 0.309 e. The number of carboxylic acid groups (broad SMARTS) is 1. The summed E-state index contributed by atoms with van der Waals surface area (Å²) < 4.78 is 6.11. The Balaban J connectivity index is 1.64. The molecule has 9 atom stereocenters. The first-order chi connectivity index (χ1) is 14.1. The van der Waals surface area contributed by atoms with Gasteiger partial charge in [0.05, 0.1) is 24.0 Å². The van der Waals surface area contributed by atoms with E-state index in [0.717, 1.165) is 37.7 Å². The number of Topliss-reactive ketones (excluding diaryl/α,β-unsaturated/α-hetero) is 1. The summed E-state index contributed by atoms with van der Waals surface area (Å²) in [5.41, 5.74) is -0.962. The number of aliphatic hydroxyl groups excluding tert-OH is 1. The number of carboxylic acids is 1. The van der Waals surface area contributed by atoms with Crippen LogP contribution in [0.5, 0.6) is 0 Å². The minimum Gasteiger partial charge on any atom is -0.481 e. The summed E-state index contributed by atoms with van der Waals surface area (Å²) in [5.74, 6) is -0.149. The molecule has 0 unspecified atom stereocenters. The van der Waals surface area contributed by atoms with Gasteiger partial charge in [-0.1, -0.05) is 13.0 Å². The average Bonchev–Trinajstić information content (AvgIpc) is 3.48. The lowest BCUT2D eigenvalue weighted by Gasteiger charge is -2.65. The number of aliphatic carboxylic acids is 1. The first kappa shape index (κ1) is 20.7. The van der Waals surface area contributed by atoms with Gasteiger partial charge in [-0.05, 0) is 94.5 Å². The normalized spacial score (nSPS) is 54.4. The SMILES string of the molecule is C/C=C(/C)C(=O)[C@@H]1[C@@]23CC[C@H]4[C@@](C)([C@H](O)CC[C@@]4(C)C(=O)O)[C@@H]2CC[C@H](C3)[C@@]12CO2. The van der Waals surface area contributed by atoms with E-state index in [2.05, 4.69) is 6.92 Å². The van der Waals surface area contributed by atoms with E-state index in [-0.39, 0.29) is 34.6 Å².